The molecule has 2 aromatic heterocycles. The van der Waals surface area contributed by atoms with Crippen molar-refractivity contribution in [3.63, 3.8) is 0 Å². The minimum Gasteiger partial charge on any atom is -0.293 e. The lowest BCUT2D eigenvalue weighted by Gasteiger charge is -2.55. The van der Waals surface area contributed by atoms with Crippen LogP contribution in [0.3, 0.4) is 0 Å². The van der Waals surface area contributed by atoms with Crippen molar-refractivity contribution in [3.05, 3.63) is 33.6 Å². The Kier molecular flexibility index (Phi) is 4.03. The van der Waals surface area contributed by atoms with Gasteiger partial charge in [0.05, 0.1) is 16.1 Å². The number of hydrogen-bond donors (Lipinski definition) is 1. The molecular weight excluding hydrogens is 427 g/mol. The van der Waals surface area contributed by atoms with Gasteiger partial charge in [-0.1, -0.05) is 23.2 Å². The molecule has 1 aromatic carbocycles. The topological polar surface area (TPSA) is 59.3 Å². The molecule has 2 heterocycles. The fraction of sp³-hybridized carbons (Fsp3) is 0.476. The summed E-state index contributed by atoms with van der Waals surface area (Å²) < 4.78 is 1.73. The third kappa shape index (κ3) is 2.91. The van der Waals surface area contributed by atoms with Crippen LogP contribution in [0, 0.1) is 23.2 Å². The molecule has 3 aromatic rings. The SMILES string of the molecule is O=C(Nc1nc2scc(-c3cc(Cl)ccc3Cl)n2n1)C12CC3CC(CC(C3)C1)C2. The quantitative estimate of drug-likeness (QED) is 0.542. The Bertz CT molecular complexity index is 1100. The monoisotopic (exact) mass is 446 g/mol. The molecule has 4 saturated carbocycles. The van der Waals surface area contributed by atoms with Crippen LogP contribution in [0.15, 0.2) is 23.6 Å². The Hall–Kier alpha value is -1.63. The molecule has 8 heteroatoms. The van der Waals surface area contributed by atoms with Gasteiger partial charge >= 0.3 is 0 Å². The molecule has 4 aliphatic carbocycles. The molecule has 4 bridgehead atoms. The minimum atomic E-state index is -0.216. The molecule has 29 heavy (non-hydrogen) atoms. The molecule has 1 amide bonds. The molecule has 4 fully saturated rings. The van der Waals surface area contributed by atoms with Gasteiger partial charge < -0.3 is 0 Å². The second-order valence-electron chi connectivity index (χ2n) is 9.03. The first-order chi connectivity index (χ1) is 14.0. The highest BCUT2D eigenvalue weighted by Crippen LogP contribution is 2.60. The summed E-state index contributed by atoms with van der Waals surface area (Å²) >= 11 is 14.0. The van der Waals surface area contributed by atoms with E-state index in [9.17, 15) is 4.79 Å². The number of rotatable bonds is 3. The van der Waals surface area contributed by atoms with Crippen molar-refractivity contribution < 1.29 is 4.79 Å². The lowest BCUT2D eigenvalue weighted by molar-refractivity contribution is -0.140. The molecule has 1 N–H and O–H groups in total. The number of anilines is 1. The Balaban J connectivity index is 1.30. The van der Waals surface area contributed by atoms with Gasteiger partial charge in [-0.2, -0.15) is 4.98 Å². The number of carbonyl (C=O) groups excluding carboxylic acids is 1. The van der Waals surface area contributed by atoms with E-state index < -0.39 is 0 Å². The van der Waals surface area contributed by atoms with Gasteiger partial charge in [-0.05, 0) is 74.5 Å². The van der Waals surface area contributed by atoms with E-state index in [0.29, 0.717) is 16.0 Å². The van der Waals surface area contributed by atoms with Crippen molar-refractivity contribution in [1.29, 1.82) is 0 Å². The normalized spacial score (nSPS) is 30.2. The van der Waals surface area contributed by atoms with Crippen molar-refractivity contribution in [1.82, 2.24) is 14.6 Å². The maximum absolute atomic E-state index is 13.3. The second kappa shape index (κ2) is 6.43. The fourth-order valence-electron chi connectivity index (χ4n) is 6.24. The molecule has 0 unspecified atom stereocenters. The maximum atomic E-state index is 13.3. The predicted octanol–water partition coefficient (Wildman–Crippen LogP) is 5.92. The van der Waals surface area contributed by atoms with E-state index in [1.165, 1.54) is 30.6 Å². The van der Waals surface area contributed by atoms with E-state index >= 15 is 0 Å². The Labute approximate surface area is 182 Å². The van der Waals surface area contributed by atoms with E-state index in [-0.39, 0.29) is 11.3 Å². The van der Waals surface area contributed by atoms with Gasteiger partial charge in [-0.3, -0.25) is 10.1 Å². The highest BCUT2D eigenvalue weighted by Gasteiger charge is 2.54. The minimum absolute atomic E-state index is 0.109. The van der Waals surface area contributed by atoms with Crippen LogP contribution in [-0.2, 0) is 4.79 Å². The Morgan fingerprint density at radius 3 is 2.52 bits per heavy atom. The molecular formula is C21H20Cl2N4OS. The molecule has 0 saturated heterocycles. The van der Waals surface area contributed by atoms with Crippen molar-refractivity contribution in [2.45, 2.75) is 38.5 Å². The van der Waals surface area contributed by atoms with Crippen LogP contribution in [0.2, 0.25) is 10.0 Å². The molecule has 0 spiro atoms. The van der Waals surface area contributed by atoms with E-state index in [0.717, 1.165) is 53.2 Å². The number of thiazole rings is 1. The molecule has 0 radical (unpaired) electrons. The molecule has 4 aliphatic rings. The third-order valence-electron chi connectivity index (χ3n) is 7.03. The fourth-order valence-corrected chi connectivity index (χ4v) is 7.45. The van der Waals surface area contributed by atoms with Gasteiger partial charge in [-0.25, -0.2) is 4.52 Å². The van der Waals surface area contributed by atoms with Crippen LogP contribution >= 0.6 is 34.5 Å². The summed E-state index contributed by atoms with van der Waals surface area (Å²) in [5, 5.41) is 10.8. The number of nitrogens with one attached hydrogen (secondary N) is 1. The standard InChI is InChI=1S/C21H20Cl2N4OS/c22-14-1-2-16(23)15(6-14)17-10-29-20-25-19(26-27(17)20)24-18(28)21-7-11-3-12(8-21)5-13(4-11)9-21/h1-2,6,10-13H,3-5,7-9H2,(H,24,26,28). The lowest BCUT2D eigenvalue weighted by atomic mass is 9.49. The number of nitrogens with zero attached hydrogens (tertiary/aromatic N) is 3. The largest absolute Gasteiger partial charge is 0.293 e. The zero-order valence-corrected chi connectivity index (χ0v) is 18.0. The lowest BCUT2D eigenvalue weighted by Crippen LogP contribution is -2.51. The van der Waals surface area contributed by atoms with Crippen molar-refractivity contribution in [2.75, 3.05) is 5.32 Å². The number of carbonyl (C=O) groups is 1. The van der Waals surface area contributed by atoms with Gasteiger partial charge in [0.2, 0.25) is 16.8 Å². The molecule has 7 rings (SSSR count). The van der Waals surface area contributed by atoms with Crippen LogP contribution in [0.5, 0.6) is 0 Å². The first-order valence-electron chi connectivity index (χ1n) is 10.1. The molecule has 5 nitrogen and oxygen atoms in total. The zero-order chi connectivity index (χ0) is 19.8. The van der Waals surface area contributed by atoms with Crippen LogP contribution < -0.4 is 5.32 Å². The summed E-state index contributed by atoms with van der Waals surface area (Å²) in [7, 11) is 0. The molecule has 150 valence electrons. The number of amides is 1. The summed E-state index contributed by atoms with van der Waals surface area (Å²) in [4.78, 5) is 18.5. The number of halogens is 2. The summed E-state index contributed by atoms with van der Waals surface area (Å²) in [5.41, 5.74) is 1.40. The average molecular weight is 447 g/mol. The molecule has 0 aliphatic heterocycles. The van der Waals surface area contributed by atoms with Gasteiger partial charge in [0.1, 0.15) is 0 Å². The van der Waals surface area contributed by atoms with Crippen LogP contribution in [0.4, 0.5) is 5.95 Å². The summed E-state index contributed by atoms with van der Waals surface area (Å²) in [6.07, 6.45) is 7.02. The molecule has 0 atom stereocenters. The van der Waals surface area contributed by atoms with E-state index in [1.807, 2.05) is 11.4 Å². The summed E-state index contributed by atoms with van der Waals surface area (Å²) in [6, 6.07) is 5.35. The number of benzene rings is 1. The van der Waals surface area contributed by atoms with E-state index in [4.69, 9.17) is 23.2 Å². The number of fused-ring (bicyclic) bond motifs is 1. The van der Waals surface area contributed by atoms with Crippen LogP contribution in [0.25, 0.3) is 16.2 Å². The predicted molar refractivity (Wildman–Crippen MR) is 116 cm³/mol. The number of aromatic nitrogens is 3. The third-order valence-corrected chi connectivity index (χ3v) is 8.41. The Morgan fingerprint density at radius 2 is 1.83 bits per heavy atom. The van der Waals surface area contributed by atoms with Crippen molar-refractivity contribution in [3.8, 4) is 11.3 Å². The first-order valence-corrected chi connectivity index (χ1v) is 11.7. The Morgan fingerprint density at radius 1 is 1.14 bits per heavy atom. The van der Waals surface area contributed by atoms with Crippen molar-refractivity contribution in [2.24, 2.45) is 23.2 Å². The maximum Gasteiger partial charge on any atom is 0.250 e. The first kappa shape index (κ1) is 18.2. The highest BCUT2D eigenvalue weighted by atomic mass is 35.5. The smallest absolute Gasteiger partial charge is 0.250 e. The van der Waals surface area contributed by atoms with E-state index in [1.54, 1.807) is 16.6 Å². The van der Waals surface area contributed by atoms with Gasteiger partial charge in [0.15, 0.2) is 0 Å². The highest BCUT2D eigenvalue weighted by molar-refractivity contribution is 7.15. The van der Waals surface area contributed by atoms with Crippen LogP contribution in [-0.4, -0.2) is 20.5 Å². The van der Waals surface area contributed by atoms with Gasteiger partial charge in [-0.15, -0.1) is 16.4 Å². The number of hydrogen-bond acceptors (Lipinski definition) is 4. The average Bonchev–Trinajstić information content (AvgIpc) is 3.23. The summed E-state index contributed by atoms with van der Waals surface area (Å²) in [6.45, 7) is 0. The van der Waals surface area contributed by atoms with Crippen LogP contribution in [0.1, 0.15) is 38.5 Å². The van der Waals surface area contributed by atoms with Gasteiger partial charge in [0, 0.05) is 16.0 Å². The second-order valence-corrected chi connectivity index (χ2v) is 10.7. The van der Waals surface area contributed by atoms with Gasteiger partial charge in [0.25, 0.3) is 0 Å². The van der Waals surface area contributed by atoms with E-state index in [2.05, 4.69) is 15.4 Å². The zero-order valence-electron chi connectivity index (χ0n) is 15.7. The van der Waals surface area contributed by atoms with Crippen molar-refractivity contribution >= 4 is 51.4 Å². The summed E-state index contributed by atoms with van der Waals surface area (Å²) in [5.74, 6) is 2.65.